The molecule has 0 aromatic heterocycles. The number of rotatable bonds is 6. The zero-order valence-electron chi connectivity index (χ0n) is 13.4. The summed E-state index contributed by atoms with van der Waals surface area (Å²) in [5.74, 6) is 0.710. The van der Waals surface area contributed by atoms with E-state index in [1.54, 1.807) is 0 Å². The number of hydrogen-bond acceptors (Lipinski definition) is 3. The van der Waals surface area contributed by atoms with Crippen molar-refractivity contribution in [1.82, 2.24) is 10.2 Å². The second-order valence-corrected chi connectivity index (χ2v) is 6.54. The first-order chi connectivity index (χ1) is 9.56. The number of nitrogens with zero attached hydrogens (tertiary/aromatic N) is 2. The SMILES string of the molecule is CC(C)CNCc1ccc(N2CCC(N(C)C)C2)cc1. The molecule has 1 aromatic rings. The first-order valence-electron chi connectivity index (χ1n) is 7.77. The van der Waals surface area contributed by atoms with E-state index in [4.69, 9.17) is 0 Å². The van der Waals surface area contributed by atoms with Gasteiger partial charge >= 0.3 is 0 Å². The number of benzene rings is 1. The van der Waals surface area contributed by atoms with Crippen LogP contribution in [0, 0.1) is 5.92 Å². The molecule has 1 unspecified atom stereocenters. The minimum atomic E-state index is 0.697. The average molecular weight is 275 g/mol. The topological polar surface area (TPSA) is 18.5 Å². The van der Waals surface area contributed by atoms with Gasteiger partial charge in [-0.05, 0) is 50.7 Å². The Kier molecular flexibility index (Phi) is 5.44. The highest BCUT2D eigenvalue weighted by Crippen LogP contribution is 2.22. The molecular formula is C17H29N3. The zero-order chi connectivity index (χ0) is 14.5. The van der Waals surface area contributed by atoms with E-state index in [1.165, 1.54) is 24.2 Å². The van der Waals surface area contributed by atoms with Crippen molar-refractivity contribution in [1.29, 1.82) is 0 Å². The van der Waals surface area contributed by atoms with Crippen LogP contribution in [-0.2, 0) is 6.54 Å². The van der Waals surface area contributed by atoms with Crippen molar-refractivity contribution in [3.63, 3.8) is 0 Å². The standard InChI is InChI=1S/C17H29N3/c1-14(2)11-18-12-15-5-7-16(8-6-15)20-10-9-17(13-20)19(3)4/h5-8,14,17-18H,9-13H2,1-4H3. The maximum atomic E-state index is 3.49. The fourth-order valence-electron chi connectivity index (χ4n) is 2.73. The number of hydrogen-bond donors (Lipinski definition) is 1. The molecule has 3 heteroatoms. The van der Waals surface area contributed by atoms with Gasteiger partial charge in [0.15, 0.2) is 0 Å². The van der Waals surface area contributed by atoms with Gasteiger partial charge in [-0.25, -0.2) is 0 Å². The molecule has 2 rings (SSSR count). The summed E-state index contributed by atoms with van der Waals surface area (Å²) in [6, 6.07) is 9.74. The summed E-state index contributed by atoms with van der Waals surface area (Å²) in [4.78, 5) is 4.83. The highest BCUT2D eigenvalue weighted by molar-refractivity contribution is 5.48. The van der Waals surface area contributed by atoms with Gasteiger partial charge in [-0.15, -0.1) is 0 Å². The molecule has 1 aliphatic rings. The maximum absolute atomic E-state index is 3.49. The normalized spacial score (nSPS) is 19.3. The van der Waals surface area contributed by atoms with E-state index in [-0.39, 0.29) is 0 Å². The van der Waals surface area contributed by atoms with Crippen LogP contribution in [-0.4, -0.2) is 44.7 Å². The summed E-state index contributed by atoms with van der Waals surface area (Å²) in [5, 5.41) is 3.49. The largest absolute Gasteiger partial charge is 0.370 e. The second kappa shape index (κ2) is 7.09. The van der Waals surface area contributed by atoms with Crippen molar-refractivity contribution in [2.75, 3.05) is 38.6 Å². The van der Waals surface area contributed by atoms with Gasteiger partial charge in [-0.1, -0.05) is 26.0 Å². The molecule has 112 valence electrons. The van der Waals surface area contributed by atoms with E-state index < -0.39 is 0 Å². The summed E-state index contributed by atoms with van der Waals surface area (Å²) in [5.41, 5.74) is 2.74. The smallest absolute Gasteiger partial charge is 0.0366 e. The summed E-state index contributed by atoms with van der Waals surface area (Å²) in [6.45, 7) is 8.86. The highest BCUT2D eigenvalue weighted by atomic mass is 15.2. The van der Waals surface area contributed by atoms with Gasteiger partial charge in [0.1, 0.15) is 0 Å². The van der Waals surface area contributed by atoms with Crippen molar-refractivity contribution in [2.24, 2.45) is 5.92 Å². The molecule has 0 saturated carbocycles. The lowest BCUT2D eigenvalue weighted by molar-refractivity contribution is 0.315. The molecule has 1 aromatic carbocycles. The lowest BCUT2D eigenvalue weighted by atomic mass is 10.1. The molecule has 0 aliphatic carbocycles. The highest BCUT2D eigenvalue weighted by Gasteiger charge is 2.23. The van der Waals surface area contributed by atoms with Crippen LogP contribution in [0.2, 0.25) is 0 Å². The van der Waals surface area contributed by atoms with Gasteiger partial charge in [0.2, 0.25) is 0 Å². The van der Waals surface area contributed by atoms with Crippen LogP contribution in [0.15, 0.2) is 24.3 Å². The molecule has 1 atom stereocenters. The Morgan fingerprint density at radius 2 is 1.95 bits per heavy atom. The van der Waals surface area contributed by atoms with Crippen LogP contribution in [0.4, 0.5) is 5.69 Å². The van der Waals surface area contributed by atoms with Gasteiger partial charge in [0.25, 0.3) is 0 Å². The Labute approximate surface area is 124 Å². The van der Waals surface area contributed by atoms with Crippen molar-refractivity contribution >= 4 is 5.69 Å². The van der Waals surface area contributed by atoms with E-state index in [0.717, 1.165) is 19.6 Å². The average Bonchev–Trinajstić information content (AvgIpc) is 2.89. The van der Waals surface area contributed by atoms with E-state index in [9.17, 15) is 0 Å². The van der Waals surface area contributed by atoms with Crippen LogP contribution in [0.25, 0.3) is 0 Å². The quantitative estimate of drug-likeness (QED) is 0.861. The Morgan fingerprint density at radius 1 is 1.25 bits per heavy atom. The first kappa shape index (κ1) is 15.3. The van der Waals surface area contributed by atoms with Crippen LogP contribution >= 0.6 is 0 Å². The first-order valence-corrected chi connectivity index (χ1v) is 7.77. The molecule has 1 fully saturated rings. The fourth-order valence-corrected chi connectivity index (χ4v) is 2.73. The fraction of sp³-hybridized carbons (Fsp3) is 0.647. The van der Waals surface area contributed by atoms with Crippen LogP contribution in [0.3, 0.4) is 0 Å². The molecule has 0 amide bonds. The van der Waals surface area contributed by atoms with Crippen LogP contribution in [0.5, 0.6) is 0 Å². The van der Waals surface area contributed by atoms with Gasteiger partial charge < -0.3 is 15.1 Å². The van der Waals surface area contributed by atoms with Crippen LogP contribution < -0.4 is 10.2 Å². The molecule has 1 heterocycles. The third-order valence-electron chi connectivity index (χ3n) is 4.08. The Bertz CT molecular complexity index is 397. The predicted octanol–water partition coefficient (Wildman–Crippen LogP) is 2.57. The van der Waals surface area contributed by atoms with E-state index in [1.807, 2.05) is 0 Å². The van der Waals surface area contributed by atoms with Crippen molar-refractivity contribution in [3.8, 4) is 0 Å². The lowest BCUT2D eigenvalue weighted by Crippen LogP contribution is -2.31. The van der Waals surface area contributed by atoms with Gasteiger partial charge in [-0.2, -0.15) is 0 Å². The molecule has 0 spiro atoms. The number of likely N-dealkylation sites (N-methyl/N-ethyl adjacent to an activating group) is 1. The van der Waals surface area contributed by atoms with Crippen molar-refractivity contribution in [2.45, 2.75) is 32.9 Å². The molecule has 3 nitrogen and oxygen atoms in total. The second-order valence-electron chi connectivity index (χ2n) is 6.54. The zero-order valence-corrected chi connectivity index (χ0v) is 13.4. The van der Waals surface area contributed by atoms with Gasteiger partial charge in [0, 0.05) is 31.4 Å². The molecule has 1 aliphatic heterocycles. The monoisotopic (exact) mass is 275 g/mol. The summed E-state index contributed by atoms with van der Waals surface area (Å²) in [7, 11) is 4.36. The number of anilines is 1. The van der Waals surface area contributed by atoms with E-state index in [2.05, 4.69) is 67.3 Å². The predicted molar refractivity (Wildman–Crippen MR) is 87.3 cm³/mol. The summed E-state index contributed by atoms with van der Waals surface area (Å²) < 4.78 is 0. The van der Waals surface area contributed by atoms with Gasteiger partial charge in [0.05, 0.1) is 0 Å². The molecule has 1 N–H and O–H groups in total. The molecule has 0 radical (unpaired) electrons. The summed E-state index contributed by atoms with van der Waals surface area (Å²) >= 11 is 0. The van der Waals surface area contributed by atoms with E-state index in [0.29, 0.717) is 12.0 Å². The minimum absolute atomic E-state index is 0.697. The maximum Gasteiger partial charge on any atom is 0.0366 e. The molecular weight excluding hydrogens is 246 g/mol. The minimum Gasteiger partial charge on any atom is -0.370 e. The Hall–Kier alpha value is -1.06. The third kappa shape index (κ3) is 4.22. The van der Waals surface area contributed by atoms with Crippen molar-refractivity contribution < 1.29 is 0 Å². The Morgan fingerprint density at radius 3 is 2.50 bits per heavy atom. The van der Waals surface area contributed by atoms with Crippen LogP contribution in [0.1, 0.15) is 25.8 Å². The lowest BCUT2D eigenvalue weighted by Gasteiger charge is -2.22. The number of nitrogens with one attached hydrogen (secondary N) is 1. The summed E-state index contributed by atoms with van der Waals surface area (Å²) in [6.07, 6.45) is 1.27. The van der Waals surface area contributed by atoms with E-state index >= 15 is 0 Å². The Balaban J connectivity index is 1.85. The molecule has 0 bridgehead atoms. The third-order valence-corrected chi connectivity index (χ3v) is 4.08. The van der Waals surface area contributed by atoms with Crippen molar-refractivity contribution in [3.05, 3.63) is 29.8 Å². The van der Waals surface area contributed by atoms with Gasteiger partial charge in [-0.3, -0.25) is 0 Å². The molecule has 1 saturated heterocycles. The molecule has 20 heavy (non-hydrogen) atoms.